The molecule has 16 saturated carbocycles. The smallest absolute Gasteiger partial charge is 0.310 e. The Morgan fingerprint density at radius 2 is 0.545 bits per heavy atom. The van der Waals surface area contributed by atoms with Crippen molar-refractivity contribution in [2.75, 3.05) is 0 Å². The topological polar surface area (TPSA) is 394 Å². The van der Waals surface area contributed by atoms with Crippen molar-refractivity contribution in [1.82, 2.24) is 0 Å². The van der Waals surface area contributed by atoms with Gasteiger partial charge in [0.1, 0.15) is 89.5 Å². The largest absolute Gasteiger partial charge is 0.462 e. The summed E-state index contributed by atoms with van der Waals surface area (Å²) in [5.41, 5.74) is -1.62. The van der Waals surface area contributed by atoms with Gasteiger partial charge in [-0.05, 0) is 231 Å². The average Bonchev–Trinajstić information content (AvgIpc) is 1.56. The summed E-state index contributed by atoms with van der Waals surface area (Å²) in [5, 5.41) is 0. The first-order chi connectivity index (χ1) is 64.5. The first-order valence-electron chi connectivity index (χ1n) is 52.7. The van der Waals surface area contributed by atoms with Crippen molar-refractivity contribution in [2.45, 2.75) is 479 Å². The minimum atomic E-state index is -0.547. The van der Waals surface area contributed by atoms with Crippen LogP contribution in [0.4, 0.5) is 0 Å². The van der Waals surface area contributed by atoms with Gasteiger partial charge in [-0.1, -0.05) is 170 Å². The second-order valence-electron chi connectivity index (χ2n) is 45.4. The third-order valence-electron chi connectivity index (χ3n) is 37.8. The number of fused-ring (bicyclic) bond motifs is 7. The number of ether oxygens (including phenoxy) is 15. The molecule has 16 aliphatic carbocycles. The summed E-state index contributed by atoms with van der Waals surface area (Å²) in [6.07, 6.45) is 26.4. The van der Waals surface area contributed by atoms with Gasteiger partial charge in [-0.2, -0.15) is 0 Å². The molecule has 38 unspecified atom stereocenters. The molecule has 145 heavy (non-hydrogen) atoms. The molecule has 828 valence electrons. The van der Waals surface area contributed by atoms with Gasteiger partial charge < -0.3 is 71.1 Å². The molecular formula is C115H188O30. The van der Waals surface area contributed by atoms with Gasteiger partial charge in [0.15, 0.2) is 0 Å². The van der Waals surface area contributed by atoms with E-state index >= 15 is 0 Å². The Morgan fingerprint density at radius 3 is 0.800 bits per heavy atom. The Kier molecular flexibility index (Phi) is 42.3. The van der Waals surface area contributed by atoms with E-state index in [9.17, 15) is 71.9 Å². The standard InChI is InChI=1S/C23H32O6.2C21H30O6.2C20H28O6.10CH4/c1-4-11(3)20(24)27-18-15-9-14-16(21(25)28-19(14)18)17(15)22(26)29-23(5-2)10-12-6-7-13(23)8-12;1-4-11(2)18(22)25-16-13-10-12-14(19(23)26-17(12)16)15(13)20(24)27-21(3)8-6-5-7-9-21;1-4-11(3)18(22)25-16-13-10-12-14(19(23)26-17(12)16)15(13)20(24)27-21(5-2)8-6-7-9-21;1-4-10(2)17(21)24-15-12-9-11-13(18(22)25-16(11)15)14(12)19(23)26-20(3)7-5-6-8-20;1-3-10(2)18(21)25-16-12-9-13-15(20(23)26-17(13)16)14(12)19(22)24-11-7-5-4-6-8-11;;;;;;;;;;/h11-19H,4-10H2,1-3H3;2*11-17H,4-10H2,1-3H3;10-16H,4-9H2,1-3H3;10-17H,3-9H2,1-2H3;10*1H4. The normalized spacial score (nSPS) is 38.5. The summed E-state index contributed by atoms with van der Waals surface area (Å²) in [6, 6.07) is 0. The van der Waals surface area contributed by atoms with E-state index < -0.39 is 125 Å². The maximum Gasteiger partial charge on any atom is 0.310 e. The Morgan fingerprint density at radius 1 is 0.290 bits per heavy atom. The Bertz CT molecular complexity index is 4510. The fourth-order valence-electron chi connectivity index (χ4n) is 29.2. The SMILES string of the molecule is C.C.C.C.C.C.C.C.C.C.CCC(C)C(=O)OC1C2CC3C1OC(=O)C3C2C(=O)OC1(C)CCCC1.CCC(C)C(=O)OC1C2CC3C1OC(=O)C3C2C(=O)OC1(C)CCCCC1.CCC(C)C(=O)OC1C2CC3C1OC(=O)C3C2C(=O)OC1(CC)CC2CCC1C2.CCC(C)C(=O)OC1C2CC3C1OC(=O)C3C2C(=O)OC1(CC)CCCC1.CCC(C)C(=O)OC1C2CC3C1OC(=O)C3C2C(=O)OC1CCCCC1. The van der Waals surface area contributed by atoms with E-state index in [2.05, 4.69) is 13.8 Å². The second kappa shape index (κ2) is 49.4. The van der Waals surface area contributed by atoms with Crippen molar-refractivity contribution in [1.29, 1.82) is 0 Å². The third-order valence-corrected chi connectivity index (χ3v) is 37.8. The van der Waals surface area contributed by atoms with Crippen LogP contribution < -0.4 is 0 Å². The third kappa shape index (κ3) is 22.7. The predicted octanol–water partition coefficient (Wildman–Crippen LogP) is 20.9. The Hall–Kier alpha value is -7.95. The molecule has 12 bridgehead atoms. The molecule has 0 spiro atoms. The van der Waals surface area contributed by atoms with Gasteiger partial charge in [0.25, 0.3) is 0 Å². The fourth-order valence-corrected chi connectivity index (χ4v) is 29.2. The second-order valence-corrected chi connectivity index (χ2v) is 45.4. The van der Waals surface area contributed by atoms with Crippen LogP contribution in [0.3, 0.4) is 0 Å². The molecule has 0 N–H and O–H groups in total. The molecule has 0 aromatic rings. The van der Waals surface area contributed by atoms with E-state index in [0.29, 0.717) is 76.0 Å². The monoisotopic (exact) mass is 2050 g/mol. The lowest BCUT2D eigenvalue weighted by molar-refractivity contribution is -0.181. The van der Waals surface area contributed by atoms with E-state index in [-0.39, 0.29) is 276 Å². The lowest BCUT2D eigenvalue weighted by atomic mass is 9.77. The molecule has 0 radical (unpaired) electrons. The summed E-state index contributed by atoms with van der Waals surface area (Å²) < 4.78 is 86.3. The Balaban J connectivity index is 0.000000242. The highest BCUT2D eigenvalue weighted by molar-refractivity contribution is 5.91. The molecule has 5 heterocycles. The molecule has 30 heteroatoms. The van der Waals surface area contributed by atoms with Crippen LogP contribution in [0.2, 0.25) is 0 Å². The zero-order chi connectivity index (χ0) is 96.2. The zero-order valence-corrected chi connectivity index (χ0v) is 81.7. The molecule has 38 atom stereocenters. The van der Waals surface area contributed by atoms with E-state index in [1.54, 1.807) is 0 Å². The van der Waals surface area contributed by atoms with Gasteiger partial charge in [0, 0.05) is 59.2 Å². The van der Waals surface area contributed by atoms with E-state index in [4.69, 9.17) is 71.1 Å². The quantitative estimate of drug-likeness (QED) is 0.0544. The fraction of sp³-hybridized carbons (Fsp3) is 0.870. The van der Waals surface area contributed by atoms with Crippen LogP contribution in [-0.4, -0.2) is 179 Å². The van der Waals surface area contributed by atoms with Crippen LogP contribution in [-0.2, 0) is 143 Å². The first-order valence-corrected chi connectivity index (χ1v) is 52.7. The highest BCUT2D eigenvalue weighted by atomic mass is 16.6. The van der Waals surface area contributed by atoms with E-state index in [0.717, 1.165) is 135 Å². The molecular weight excluding hydrogens is 1860 g/mol. The number of esters is 15. The maximum atomic E-state index is 13.4. The molecule has 30 nitrogen and oxygen atoms in total. The molecule has 0 aromatic heterocycles. The van der Waals surface area contributed by atoms with Crippen LogP contribution in [0.5, 0.6) is 0 Å². The summed E-state index contributed by atoms with van der Waals surface area (Å²) >= 11 is 0. The van der Waals surface area contributed by atoms with Crippen LogP contribution in [0.1, 0.15) is 390 Å². The highest BCUT2D eigenvalue weighted by Crippen LogP contribution is 2.66. The molecule has 0 amide bonds. The summed E-state index contributed by atoms with van der Waals surface area (Å²) in [7, 11) is 0. The van der Waals surface area contributed by atoms with Gasteiger partial charge in [0.2, 0.25) is 0 Å². The summed E-state index contributed by atoms with van der Waals surface area (Å²) in [5.74, 6) is -10.2. The molecule has 5 saturated heterocycles. The van der Waals surface area contributed by atoms with Gasteiger partial charge >= 0.3 is 89.5 Å². The lowest BCUT2D eigenvalue weighted by Crippen LogP contribution is -2.47. The summed E-state index contributed by atoms with van der Waals surface area (Å²) in [6.45, 7) is 26.9. The van der Waals surface area contributed by atoms with Gasteiger partial charge in [-0.3, -0.25) is 71.9 Å². The lowest BCUT2D eigenvalue weighted by Gasteiger charge is -2.39. The number of carbonyl (C=O) groups is 15. The van der Waals surface area contributed by atoms with Crippen molar-refractivity contribution in [3.05, 3.63) is 0 Å². The number of hydrogen-bond acceptors (Lipinski definition) is 30. The van der Waals surface area contributed by atoms with Crippen molar-refractivity contribution < 1.29 is 143 Å². The minimum Gasteiger partial charge on any atom is -0.462 e. The van der Waals surface area contributed by atoms with Crippen LogP contribution >= 0.6 is 0 Å². The molecule has 5 aliphatic heterocycles. The summed E-state index contributed by atoms with van der Waals surface area (Å²) in [4.78, 5) is 189. The zero-order valence-electron chi connectivity index (χ0n) is 81.7. The van der Waals surface area contributed by atoms with Crippen molar-refractivity contribution >= 4 is 89.5 Å². The van der Waals surface area contributed by atoms with Gasteiger partial charge in [-0.25, -0.2) is 0 Å². The minimum absolute atomic E-state index is 0. The maximum absolute atomic E-state index is 13.4. The number of hydrogen-bond donors (Lipinski definition) is 0. The average molecular weight is 2050 g/mol. The molecule has 0 aromatic carbocycles. The van der Waals surface area contributed by atoms with E-state index in [1.165, 1.54) is 19.3 Å². The number of carbonyl (C=O) groups excluding carboxylic acids is 15. The van der Waals surface area contributed by atoms with Crippen molar-refractivity contribution in [3.8, 4) is 0 Å². The van der Waals surface area contributed by atoms with Crippen molar-refractivity contribution in [3.63, 3.8) is 0 Å². The van der Waals surface area contributed by atoms with Crippen LogP contribution in [0.25, 0.3) is 0 Å². The molecule has 21 aliphatic rings. The molecule has 21 fully saturated rings. The van der Waals surface area contributed by atoms with Gasteiger partial charge in [0.05, 0.1) is 88.8 Å². The highest BCUT2D eigenvalue weighted by Gasteiger charge is 2.76. The molecule has 21 rings (SSSR count). The van der Waals surface area contributed by atoms with Crippen molar-refractivity contribution in [2.24, 2.45) is 160 Å². The van der Waals surface area contributed by atoms with Gasteiger partial charge in [-0.15, -0.1) is 0 Å². The van der Waals surface area contributed by atoms with E-state index in [1.807, 2.05) is 83.1 Å². The van der Waals surface area contributed by atoms with Crippen LogP contribution in [0, 0.1) is 160 Å². The Labute approximate surface area is 866 Å². The van der Waals surface area contributed by atoms with Crippen LogP contribution in [0.15, 0.2) is 0 Å². The predicted molar refractivity (Wildman–Crippen MR) is 542 cm³/mol. The first kappa shape index (κ1) is 124. The number of rotatable bonds is 27.